The second-order valence-electron chi connectivity index (χ2n) is 7.56. The van der Waals surface area contributed by atoms with Gasteiger partial charge in [-0.1, -0.05) is 94.9 Å². The molecule has 2 rings (SSSR count). The zero-order valence-corrected chi connectivity index (χ0v) is 17.0. The minimum Gasteiger partial charge on any atom is -0.0654 e. The fourth-order valence-electron chi connectivity index (χ4n) is 4.45. The van der Waals surface area contributed by atoms with Gasteiger partial charge in [-0.3, -0.25) is 0 Å². The third-order valence-electron chi connectivity index (χ3n) is 5.57. The topological polar surface area (TPSA) is 0 Å². The van der Waals surface area contributed by atoms with Crippen LogP contribution in [0.3, 0.4) is 0 Å². The van der Waals surface area contributed by atoms with Crippen LogP contribution in [0.15, 0.2) is 52.6 Å². The van der Waals surface area contributed by atoms with Crippen LogP contribution in [0.2, 0.25) is 0 Å². The minimum absolute atomic E-state index is 0.570. The third kappa shape index (κ3) is 4.87. The number of hydrogen-bond acceptors (Lipinski definition) is 0. The lowest BCUT2D eigenvalue weighted by atomic mass is 9.83. The number of hydrogen-bond donors (Lipinski definition) is 0. The van der Waals surface area contributed by atoms with Crippen LogP contribution in [0.1, 0.15) is 103 Å². The van der Waals surface area contributed by atoms with Crippen molar-refractivity contribution in [3.63, 3.8) is 0 Å². The molecule has 0 heterocycles. The second kappa shape index (κ2) is 10.6. The average Bonchev–Trinajstić information content (AvgIpc) is 2.92. The number of rotatable bonds is 11. The molecule has 0 spiro atoms. The predicted octanol–water partition coefficient (Wildman–Crippen LogP) is 8.36. The van der Waals surface area contributed by atoms with Gasteiger partial charge in [0, 0.05) is 5.92 Å². The Labute approximate surface area is 156 Å². The van der Waals surface area contributed by atoms with E-state index in [9.17, 15) is 0 Å². The SMILES string of the molecule is CCCCC1=C(CCCC)C(c2ccccc2)C(CCC)=C1CCC. The highest BCUT2D eigenvalue weighted by Crippen LogP contribution is 2.50. The lowest BCUT2D eigenvalue weighted by Gasteiger charge is -2.21. The van der Waals surface area contributed by atoms with Gasteiger partial charge in [0.1, 0.15) is 0 Å². The van der Waals surface area contributed by atoms with Crippen LogP contribution in [0, 0.1) is 0 Å². The summed E-state index contributed by atoms with van der Waals surface area (Å²) in [5.41, 5.74) is 8.56. The van der Waals surface area contributed by atoms with Crippen molar-refractivity contribution in [2.24, 2.45) is 0 Å². The number of unbranched alkanes of at least 4 members (excludes halogenated alkanes) is 2. The van der Waals surface area contributed by atoms with Gasteiger partial charge in [0.25, 0.3) is 0 Å². The Morgan fingerprint density at radius 1 is 0.600 bits per heavy atom. The van der Waals surface area contributed by atoms with Crippen LogP contribution >= 0.6 is 0 Å². The summed E-state index contributed by atoms with van der Waals surface area (Å²) in [4.78, 5) is 0. The Bertz CT molecular complexity index is 573. The highest BCUT2D eigenvalue weighted by molar-refractivity contribution is 5.56. The molecular weight excluding hydrogens is 300 g/mol. The first-order chi connectivity index (χ1) is 12.3. The van der Waals surface area contributed by atoms with Gasteiger partial charge in [0.15, 0.2) is 0 Å². The normalized spacial score (nSPS) is 17.7. The van der Waals surface area contributed by atoms with Crippen LogP contribution in [-0.2, 0) is 0 Å². The summed E-state index contributed by atoms with van der Waals surface area (Å²) in [6, 6.07) is 11.3. The Kier molecular flexibility index (Phi) is 8.52. The van der Waals surface area contributed by atoms with E-state index < -0.39 is 0 Å². The van der Waals surface area contributed by atoms with Crippen molar-refractivity contribution in [3.05, 3.63) is 58.2 Å². The van der Waals surface area contributed by atoms with E-state index in [-0.39, 0.29) is 0 Å². The van der Waals surface area contributed by atoms with Gasteiger partial charge in [0.2, 0.25) is 0 Å². The van der Waals surface area contributed by atoms with Crippen LogP contribution < -0.4 is 0 Å². The first kappa shape index (κ1) is 20.0. The minimum atomic E-state index is 0.570. The summed E-state index contributed by atoms with van der Waals surface area (Å²) in [6.07, 6.45) is 12.9. The first-order valence-corrected chi connectivity index (χ1v) is 10.8. The molecule has 0 aromatic heterocycles. The van der Waals surface area contributed by atoms with Crippen molar-refractivity contribution in [2.45, 2.75) is 97.8 Å². The largest absolute Gasteiger partial charge is 0.0654 e. The van der Waals surface area contributed by atoms with E-state index in [4.69, 9.17) is 0 Å². The molecule has 0 N–H and O–H groups in total. The number of benzene rings is 1. The smallest absolute Gasteiger partial charge is 0.0269 e. The molecule has 1 aliphatic rings. The molecule has 0 aliphatic heterocycles. The van der Waals surface area contributed by atoms with Gasteiger partial charge < -0.3 is 0 Å². The Hall–Kier alpha value is -1.30. The fraction of sp³-hybridized carbons (Fsp3) is 0.600. The highest BCUT2D eigenvalue weighted by atomic mass is 14.4. The third-order valence-corrected chi connectivity index (χ3v) is 5.57. The maximum atomic E-state index is 2.36. The van der Waals surface area contributed by atoms with E-state index in [1.807, 2.05) is 0 Å². The molecule has 0 nitrogen and oxygen atoms in total. The number of allylic oxidation sites excluding steroid dienone is 4. The van der Waals surface area contributed by atoms with E-state index in [0.717, 1.165) is 0 Å². The molecule has 0 radical (unpaired) electrons. The van der Waals surface area contributed by atoms with Crippen LogP contribution in [0.5, 0.6) is 0 Å². The van der Waals surface area contributed by atoms with Crippen molar-refractivity contribution in [1.29, 1.82) is 0 Å². The lowest BCUT2D eigenvalue weighted by molar-refractivity contribution is 0.714. The zero-order chi connectivity index (χ0) is 18.1. The molecule has 25 heavy (non-hydrogen) atoms. The molecule has 1 aromatic rings. The monoisotopic (exact) mass is 338 g/mol. The molecule has 0 bridgehead atoms. The van der Waals surface area contributed by atoms with Gasteiger partial charge in [-0.25, -0.2) is 0 Å². The van der Waals surface area contributed by atoms with Crippen molar-refractivity contribution >= 4 is 0 Å². The van der Waals surface area contributed by atoms with Crippen LogP contribution in [-0.4, -0.2) is 0 Å². The molecular formula is C25H38. The molecule has 0 fully saturated rings. The Balaban J connectivity index is 2.53. The Morgan fingerprint density at radius 3 is 1.76 bits per heavy atom. The van der Waals surface area contributed by atoms with Crippen LogP contribution in [0.25, 0.3) is 0 Å². The van der Waals surface area contributed by atoms with Gasteiger partial charge in [-0.2, -0.15) is 0 Å². The summed E-state index contributed by atoms with van der Waals surface area (Å²) in [7, 11) is 0. The van der Waals surface area contributed by atoms with E-state index in [2.05, 4.69) is 58.0 Å². The second-order valence-corrected chi connectivity index (χ2v) is 7.56. The van der Waals surface area contributed by atoms with Gasteiger partial charge in [-0.05, 0) is 55.2 Å². The van der Waals surface area contributed by atoms with Gasteiger partial charge in [0.05, 0.1) is 0 Å². The summed E-state index contributed by atoms with van der Waals surface area (Å²) >= 11 is 0. The van der Waals surface area contributed by atoms with Crippen molar-refractivity contribution in [2.75, 3.05) is 0 Å². The van der Waals surface area contributed by atoms with E-state index in [1.54, 1.807) is 22.3 Å². The summed E-state index contributed by atoms with van der Waals surface area (Å²) in [6.45, 7) is 9.34. The molecule has 0 heteroatoms. The van der Waals surface area contributed by atoms with Crippen molar-refractivity contribution in [1.82, 2.24) is 0 Å². The molecule has 138 valence electrons. The average molecular weight is 339 g/mol. The lowest BCUT2D eigenvalue weighted by Crippen LogP contribution is -2.04. The standard InChI is InChI=1S/C25H38/c1-5-9-18-22-21(14-7-3)23(15-8-4)25(24(22)19-10-6-2)20-16-12-11-13-17-20/h11-13,16-17,25H,5-10,14-15,18-19H2,1-4H3. The highest BCUT2D eigenvalue weighted by Gasteiger charge is 2.32. The molecule has 1 aromatic carbocycles. The summed E-state index contributed by atoms with van der Waals surface area (Å²) < 4.78 is 0. The predicted molar refractivity (Wildman–Crippen MR) is 112 cm³/mol. The molecule has 1 atom stereocenters. The van der Waals surface area contributed by atoms with Gasteiger partial charge in [-0.15, -0.1) is 0 Å². The van der Waals surface area contributed by atoms with Crippen molar-refractivity contribution < 1.29 is 0 Å². The summed E-state index contributed by atoms with van der Waals surface area (Å²) in [5, 5.41) is 0. The van der Waals surface area contributed by atoms with Crippen LogP contribution in [0.4, 0.5) is 0 Å². The maximum absolute atomic E-state index is 2.36. The molecule has 0 saturated carbocycles. The molecule has 1 unspecified atom stereocenters. The fourth-order valence-corrected chi connectivity index (χ4v) is 4.45. The van der Waals surface area contributed by atoms with E-state index >= 15 is 0 Å². The molecule has 0 amide bonds. The quantitative estimate of drug-likeness (QED) is 0.380. The first-order valence-electron chi connectivity index (χ1n) is 10.8. The molecule has 1 aliphatic carbocycles. The maximum Gasteiger partial charge on any atom is 0.0269 e. The van der Waals surface area contributed by atoms with E-state index in [1.165, 1.54) is 69.8 Å². The zero-order valence-electron chi connectivity index (χ0n) is 17.0. The van der Waals surface area contributed by atoms with E-state index in [0.29, 0.717) is 5.92 Å². The van der Waals surface area contributed by atoms with Gasteiger partial charge >= 0.3 is 0 Å². The van der Waals surface area contributed by atoms with Crippen molar-refractivity contribution in [3.8, 4) is 0 Å². The summed E-state index contributed by atoms with van der Waals surface area (Å²) in [5.74, 6) is 0.570. The Morgan fingerprint density at radius 2 is 1.16 bits per heavy atom. The molecule has 0 saturated heterocycles.